The third-order valence-electron chi connectivity index (χ3n) is 2.84. The number of carbonyl (C=O) groups is 1. The van der Waals surface area contributed by atoms with Gasteiger partial charge in [0.2, 0.25) is 0 Å². The Morgan fingerprint density at radius 1 is 1.41 bits per heavy atom. The Labute approximate surface area is 115 Å². The highest BCUT2D eigenvalue weighted by Crippen LogP contribution is 2.35. The van der Waals surface area contributed by atoms with E-state index in [4.69, 9.17) is 5.11 Å². The molecule has 0 spiro atoms. The Hall–Kier alpha value is -0.460. The maximum atomic E-state index is 13.8. The summed E-state index contributed by atoms with van der Waals surface area (Å²) in [5, 5.41) is 11.8. The molecule has 0 saturated carbocycles. The van der Waals surface area contributed by atoms with Crippen molar-refractivity contribution in [3.05, 3.63) is 32.5 Å². The molecule has 2 atom stereocenters. The third kappa shape index (κ3) is 2.69. The van der Waals surface area contributed by atoms with Crippen molar-refractivity contribution in [2.24, 2.45) is 0 Å². The van der Waals surface area contributed by atoms with Crippen molar-refractivity contribution >= 4 is 37.8 Å². The Kier molecular flexibility index (Phi) is 3.85. The van der Waals surface area contributed by atoms with Crippen molar-refractivity contribution in [2.75, 3.05) is 0 Å². The number of carboxylic acid groups (broad SMARTS) is 1. The maximum absolute atomic E-state index is 13.8. The Bertz CT molecular complexity index is 444. The molecule has 6 heteroatoms. The van der Waals surface area contributed by atoms with Crippen LogP contribution in [0.4, 0.5) is 4.39 Å². The van der Waals surface area contributed by atoms with Crippen LogP contribution in [-0.4, -0.2) is 17.1 Å². The van der Waals surface area contributed by atoms with E-state index >= 15 is 0 Å². The van der Waals surface area contributed by atoms with Crippen molar-refractivity contribution in [1.82, 2.24) is 5.32 Å². The van der Waals surface area contributed by atoms with Crippen LogP contribution in [0.2, 0.25) is 0 Å². The molecule has 0 radical (unpaired) electrons. The lowest BCUT2D eigenvalue weighted by atomic mass is 10.0. The van der Waals surface area contributed by atoms with Crippen LogP contribution in [0.25, 0.3) is 0 Å². The minimum absolute atomic E-state index is 0.251. The first-order valence-corrected chi connectivity index (χ1v) is 6.71. The summed E-state index contributed by atoms with van der Waals surface area (Å²) in [7, 11) is 0. The van der Waals surface area contributed by atoms with E-state index in [9.17, 15) is 9.18 Å². The van der Waals surface area contributed by atoms with E-state index in [0.717, 1.165) is 0 Å². The average molecular weight is 367 g/mol. The molecule has 1 aromatic rings. The number of carboxylic acids is 1. The summed E-state index contributed by atoms with van der Waals surface area (Å²) in [6.45, 7) is 0. The zero-order valence-corrected chi connectivity index (χ0v) is 11.9. The number of nitrogens with one attached hydrogen (secondary N) is 1. The van der Waals surface area contributed by atoms with Crippen LogP contribution in [0.15, 0.2) is 21.1 Å². The van der Waals surface area contributed by atoms with E-state index in [1.165, 1.54) is 6.07 Å². The predicted molar refractivity (Wildman–Crippen MR) is 68.3 cm³/mol. The van der Waals surface area contributed by atoms with Crippen LogP contribution < -0.4 is 5.32 Å². The highest BCUT2D eigenvalue weighted by Gasteiger charge is 2.32. The molecular formula is C11H10Br2FNO2. The Morgan fingerprint density at radius 2 is 2.12 bits per heavy atom. The van der Waals surface area contributed by atoms with Gasteiger partial charge in [-0.1, -0.05) is 31.9 Å². The summed E-state index contributed by atoms with van der Waals surface area (Å²) in [6, 6.07) is 2.30. The largest absolute Gasteiger partial charge is 0.480 e. The van der Waals surface area contributed by atoms with Gasteiger partial charge in [-0.15, -0.1) is 0 Å². The lowest BCUT2D eigenvalue weighted by Gasteiger charge is -2.15. The van der Waals surface area contributed by atoms with E-state index in [-0.39, 0.29) is 11.9 Å². The highest BCUT2D eigenvalue weighted by atomic mass is 79.9. The van der Waals surface area contributed by atoms with Gasteiger partial charge in [-0.05, 0) is 25.0 Å². The second-order valence-corrected chi connectivity index (χ2v) is 5.74. The Balaban J connectivity index is 2.27. The minimum atomic E-state index is -0.888. The highest BCUT2D eigenvalue weighted by molar-refractivity contribution is 9.11. The van der Waals surface area contributed by atoms with Gasteiger partial charge in [0.1, 0.15) is 11.9 Å². The standard InChI is InChI=1S/C11H10Br2FNO2/c12-5-3-6(13)10(7(14)4-5)8-1-2-9(15-8)11(16)17/h3-4,8-9,15H,1-2H2,(H,16,17). The number of benzene rings is 1. The van der Waals surface area contributed by atoms with E-state index in [1.807, 2.05) is 0 Å². The van der Waals surface area contributed by atoms with Crippen LogP contribution in [0.1, 0.15) is 24.4 Å². The fraction of sp³-hybridized carbons (Fsp3) is 0.364. The van der Waals surface area contributed by atoms with Gasteiger partial charge in [0.25, 0.3) is 0 Å². The van der Waals surface area contributed by atoms with Crippen molar-refractivity contribution < 1.29 is 14.3 Å². The first kappa shape index (κ1) is 13.0. The summed E-state index contributed by atoms with van der Waals surface area (Å²) < 4.78 is 15.1. The van der Waals surface area contributed by atoms with Gasteiger partial charge in [-0.25, -0.2) is 4.39 Å². The molecule has 1 heterocycles. The molecule has 2 rings (SSSR count). The summed E-state index contributed by atoms with van der Waals surface area (Å²) in [5.41, 5.74) is 0.497. The van der Waals surface area contributed by atoms with Gasteiger partial charge >= 0.3 is 5.97 Å². The van der Waals surface area contributed by atoms with Crippen LogP contribution in [0.5, 0.6) is 0 Å². The number of hydrogen-bond donors (Lipinski definition) is 2. The predicted octanol–water partition coefficient (Wildman–Crippen LogP) is 3.23. The summed E-state index contributed by atoms with van der Waals surface area (Å²) >= 11 is 6.51. The number of rotatable bonds is 2. The quantitative estimate of drug-likeness (QED) is 0.844. The number of aliphatic carboxylic acids is 1. The molecule has 1 aliphatic rings. The van der Waals surface area contributed by atoms with Gasteiger partial charge in [0.15, 0.2) is 0 Å². The van der Waals surface area contributed by atoms with Crippen molar-refractivity contribution in [1.29, 1.82) is 0 Å². The van der Waals surface area contributed by atoms with Crippen molar-refractivity contribution in [3.8, 4) is 0 Å². The molecule has 1 saturated heterocycles. The van der Waals surface area contributed by atoms with Gasteiger partial charge in [0.05, 0.1) is 0 Å². The Morgan fingerprint density at radius 3 is 2.65 bits per heavy atom. The SMILES string of the molecule is O=C(O)C1CCC(c2c(F)cc(Br)cc2Br)N1. The van der Waals surface area contributed by atoms with E-state index < -0.39 is 12.0 Å². The molecule has 1 fully saturated rings. The molecular weight excluding hydrogens is 357 g/mol. The zero-order valence-electron chi connectivity index (χ0n) is 8.71. The first-order valence-electron chi connectivity index (χ1n) is 5.12. The molecule has 2 unspecified atom stereocenters. The maximum Gasteiger partial charge on any atom is 0.320 e. The van der Waals surface area contributed by atoms with E-state index in [0.29, 0.717) is 27.4 Å². The van der Waals surface area contributed by atoms with Crippen LogP contribution in [0, 0.1) is 5.82 Å². The molecule has 1 aromatic carbocycles. The summed E-state index contributed by atoms with van der Waals surface area (Å²) in [5.74, 6) is -1.23. The molecule has 0 amide bonds. The average Bonchev–Trinajstić information content (AvgIpc) is 2.65. The lowest BCUT2D eigenvalue weighted by Crippen LogP contribution is -2.32. The van der Waals surface area contributed by atoms with Crippen LogP contribution in [-0.2, 0) is 4.79 Å². The van der Waals surface area contributed by atoms with Gasteiger partial charge in [-0.2, -0.15) is 0 Å². The lowest BCUT2D eigenvalue weighted by molar-refractivity contribution is -0.139. The molecule has 17 heavy (non-hydrogen) atoms. The van der Waals surface area contributed by atoms with E-state index in [1.54, 1.807) is 6.07 Å². The monoisotopic (exact) mass is 365 g/mol. The molecule has 2 N–H and O–H groups in total. The fourth-order valence-electron chi connectivity index (χ4n) is 2.05. The molecule has 0 aromatic heterocycles. The smallest absolute Gasteiger partial charge is 0.320 e. The summed E-state index contributed by atoms with van der Waals surface area (Å²) in [4.78, 5) is 10.8. The molecule has 92 valence electrons. The number of hydrogen-bond acceptors (Lipinski definition) is 2. The van der Waals surface area contributed by atoms with Crippen LogP contribution >= 0.6 is 31.9 Å². The van der Waals surface area contributed by atoms with Gasteiger partial charge < -0.3 is 5.11 Å². The molecule has 0 aliphatic carbocycles. The number of halogens is 3. The van der Waals surface area contributed by atoms with Crippen LogP contribution in [0.3, 0.4) is 0 Å². The van der Waals surface area contributed by atoms with Crippen molar-refractivity contribution in [2.45, 2.75) is 24.9 Å². The second kappa shape index (κ2) is 5.04. The molecule has 0 bridgehead atoms. The first-order chi connectivity index (χ1) is 7.99. The zero-order chi connectivity index (χ0) is 12.6. The van der Waals surface area contributed by atoms with Gasteiger partial charge in [0, 0.05) is 20.6 Å². The second-order valence-electron chi connectivity index (χ2n) is 3.97. The fourth-order valence-corrected chi connectivity index (χ4v) is 3.50. The third-order valence-corrected chi connectivity index (χ3v) is 3.95. The summed E-state index contributed by atoms with van der Waals surface area (Å²) in [6.07, 6.45) is 1.13. The van der Waals surface area contributed by atoms with E-state index in [2.05, 4.69) is 37.2 Å². The van der Waals surface area contributed by atoms with Crippen molar-refractivity contribution in [3.63, 3.8) is 0 Å². The topological polar surface area (TPSA) is 49.3 Å². The normalized spacial score (nSPS) is 23.9. The van der Waals surface area contributed by atoms with Gasteiger partial charge in [-0.3, -0.25) is 10.1 Å². The minimum Gasteiger partial charge on any atom is -0.480 e. The molecule has 1 aliphatic heterocycles. The molecule has 3 nitrogen and oxygen atoms in total.